The number of carbonyl (C=O) groups is 1. The second-order valence-electron chi connectivity index (χ2n) is 5.25. The summed E-state index contributed by atoms with van der Waals surface area (Å²) in [6.07, 6.45) is 1.47. The lowest BCUT2D eigenvalue weighted by molar-refractivity contribution is 0.0634. The van der Waals surface area contributed by atoms with Gasteiger partial charge < -0.3 is 20.4 Å². The molecule has 2 aromatic rings. The largest absolute Gasteiger partial charge is 0.467 e. The van der Waals surface area contributed by atoms with Crippen molar-refractivity contribution in [2.45, 2.75) is 12.6 Å². The summed E-state index contributed by atoms with van der Waals surface area (Å²) < 4.78 is 5.28. The lowest BCUT2D eigenvalue weighted by Gasteiger charge is -2.36. The smallest absolute Gasteiger partial charge is 0.257 e. The zero-order valence-electron chi connectivity index (χ0n) is 12.1. The van der Waals surface area contributed by atoms with E-state index in [4.69, 9.17) is 21.8 Å². The molecule has 1 saturated heterocycles. The van der Waals surface area contributed by atoms with Gasteiger partial charge in [-0.1, -0.05) is 29.8 Å². The Kier molecular flexibility index (Phi) is 4.47. The van der Waals surface area contributed by atoms with Gasteiger partial charge in [-0.15, -0.1) is 0 Å². The van der Waals surface area contributed by atoms with Gasteiger partial charge in [0.1, 0.15) is 12.0 Å². The third-order valence-electron chi connectivity index (χ3n) is 3.87. The van der Waals surface area contributed by atoms with Gasteiger partial charge in [-0.05, 0) is 17.7 Å². The molecule has 2 heterocycles. The van der Waals surface area contributed by atoms with Crippen molar-refractivity contribution in [3.8, 4) is 0 Å². The maximum Gasteiger partial charge on any atom is 0.257 e. The Bertz CT molecular complexity index is 671. The normalized spacial score (nSPS) is 18.5. The number of hydrogen-bond donors (Lipinski definition) is 2. The van der Waals surface area contributed by atoms with Crippen molar-refractivity contribution >= 4 is 17.5 Å². The number of rotatable bonds is 3. The minimum atomic E-state index is -0.0915. The lowest BCUT2D eigenvalue weighted by atomic mass is 10.0. The number of benzene rings is 1. The zero-order chi connectivity index (χ0) is 15.5. The van der Waals surface area contributed by atoms with E-state index in [1.807, 2.05) is 29.2 Å². The van der Waals surface area contributed by atoms with E-state index in [0.717, 1.165) is 12.1 Å². The molecular formula is C16H18ClN3O2. The monoisotopic (exact) mass is 319 g/mol. The van der Waals surface area contributed by atoms with E-state index in [1.54, 1.807) is 6.07 Å². The van der Waals surface area contributed by atoms with Gasteiger partial charge in [0.25, 0.3) is 5.91 Å². The molecule has 1 atom stereocenters. The van der Waals surface area contributed by atoms with Crippen LogP contribution in [-0.4, -0.2) is 30.4 Å². The minimum Gasteiger partial charge on any atom is -0.467 e. The summed E-state index contributed by atoms with van der Waals surface area (Å²) in [7, 11) is 0. The van der Waals surface area contributed by atoms with Crippen molar-refractivity contribution in [3.63, 3.8) is 0 Å². The van der Waals surface area contributed by atoms with Crippen LogP contribution in [-0.2, 0) is 6.54 Å². The molecule has 0 bridgehead atoms. The molecule has 1 aliphatic rings. The van der Waals surface area contributed by atoms with Gasteiger partial charge >= 0.3 is 0 Å². The molecule has 0 aliphatic carbocycles. The van der Waals surface area contributed by atoms with E-state index in [-0.39, 0.29) is 18.5 Å². The van der Waals surface area contributed by atoms with Crippen LogP contribution < -0.4 is 11.1 Å². The van der Waals surface area contributed by atoms with Crippen LogP contribution in [0.1, 0.15) is 27.7 Å². The molecule has 0 radical (unpaired) electrons. The van der Waals surface area contributed by atoms with Crippen LogP contribution in [0.5, 0.6) is 0 Å². The standard InChI is InChI=1S/C16H18ClN3O2/c17-14-4-2-1-3-13(14)15-9-19-5-6-20(15)16(21)11-7-12(8-18)22-10-11/h1-4,7,10,15,19H,5-6,8-9,18H2/t15-/m0/s1. The summed E-state index contributed by atoms with van der Waals surface area (Å²) in [4.78, 5) is 14.6. The molecule has 3 rings (SSSR count). The average Bonchev–Trinajstić information content (AvgIpc) is 3.04. The summed E-state index contributed by atoms with van der Waals surface area (Å²) >= 11 is 6.30. The predicted molar refractivity (Wildman–Crippen MR) is 84.7 cm³/mol. The van der Waals surface area contributed by atoms with E-state index >= 15 is 0 Å². The molecule has 6 heteroatoms. The van der Waals surface area contributed by atoms with E-state index in [1.165, 1.54) is 6.26 Å². The fraction of sp³-hybridized carbons (Fsp3) is 0.312. The average molecular weight is 320 g/mol. The van der Waals surface area contributed by atoms with Crippen molar-refractivity contribution in [1.82, 2.24) is 10.2 Å². The molecule has 3 N–H and O–H groups in total. The van der Waals surface area contributed by atoms with Gasteiger partial charge in [-0.2, -0.15) is 0 Å². The summed E-state index contributed by atoms with van der Waals surface area (Å²) in [6, 6.07) is 9.24. The highest BCUT2D eigenvalue weighted by Crippen LogP contribution is 2.29. The number of amides is 1. The van der Waals surface area contributed by atoms with Gasteiger partial charge in [0.2, 0.25) is 0 Å². The number of halogens is 1. The highest BCUT2D eigenvalue weighted by Gasteiger charge is 2.30. The highest BCUT2D eigenvalue weighted by molar-refractivity contribution is 6.31. The Labute approximate surface area is 134 Å². The van der Waals surface area contributed by atoms with Gasteiger partial charge in [-0.25, -0.2) is 0 Å². The first kappa shape index (κ1) is 15.1. The van der Waals surface area contributed by atoms with Crippen LogP contribution in [0.2, 0.25) is 5.02 Å². The van der Waals surface area contributed by atoms with Gasteiger partial charge in [0, 0.05) is 24.7 Å². The number of hydrogen-bond acceptors (Lipinski definition) is 4. The number of nitrogens with one attached hydrogen (secondary N) is 1. The topological polar surface area (TPSA) is 71.5 Å². The van der Waals surface area contributed by atoms with Gasteiger partial charge in [0.05, 0.1) is 18.2 Å². The molecule has 116 valence electrons. The molecular weight excluding hydrogens is 302 g/mol. The fourth-order valence-electron chi connectivity index (χ4n) is 2.74. The first-order valence-corrected chi connectivity index (χ1v) is 7.62. The number of nitrogens with two attached hydrogens (primary N) is 1. The second-order valence-corrected chi connectivity index (χ2v) is 5.65. The van der Waals surface area contributed by atoms with Crippen molar-refractivity contribution in [3.05, 3.63) is 58.5 Å². The van der Waals surface area contributed by atoms with E-state index in [2.05, 4.69) is 5.32 Å². The molecule has 0 unspecified atom stereocenters. The molecule has 22 heavy (non-hydrogen) atoms. The minimum absolute atomic E-state index is 0.0603. The third-order valence-corrected chi connectivity index (χ3v) is 4.21. The van der Waals surface area contributed by atoms with Crippen LogP contribution in [0.4, 0.5) is 0 Å². The Balaban J connectivity index is 1.89. The molecule has 5 nitrogen and oxygen atoms in total. The van der Waals surface area contributed by atoms with Crippen LogP contribution in [0.3, 0.4) is 0 Å². The van der Waals surface area contributed by atoms with Crippen LogP contribution in [0, 0.1) is 0 Å². The van der Waals surface area contributed by atoms with Crippen molar-refractivity contribution < 1.29 is 9.21 Å². The van der Waals surface area contributed by atoms with Gasteiger partial charge in [0.15, 0.2) is 0 Å². The van der Waals surface area contributed by atoms with Crippen LogP contribution in [0.15, 0.2) is 41.0 Å². The Morgan fingerprint density at radius 3 is 3.00 bits per heavy atom. The molecule has 1 aromatic carbocycles. The summed E-state index contributed by atoms with van der Waals surface area (Å²) in [6.45, 7) is 2.34. The van der Waals surface area contributed by atoms with Gasteiger partial charge in [-0.3, -0.25) is 4.79 Å². The third kappa shape index (κ3) is 2.88. The van der Waals surface area contributed by atoms with Crippen molar-refractivity contribution in [2.24, 2.45) is 5.73 Å². The van der Waals surface area contributed by atoms with Crippen molar-refractivity contribution in [1.29, 1.82) is 0 Å². The summed E-state index contributed by atoms with van der Waals surface area (Å²) in [5.41, 5.74) is 7.01. The Morgan fingerprint density at radius 2 is 2.27 bits per heavy atom. The number of carbonyl (C=O) groups excluding carboxylic acids is 1. The van der Waals surface area contributed by atoms with E-state index in [9.17, 15) is 4.79 Å². The number of nitrogens with zero attached hydrogens (tertiary/aromatic N) is 1. The molecule has 0 saturated carbocycles. The first-order chi connectivity index (χ1) is 10.7. The Morgan fingerprint density at radius 1 is 1.45 bits per heavy atom. The summed E-state index contributed by atoms with van der Waals surface area (Å²) in [5, 5.41) is 3.99. The quantitative estimate of drug-likeness (QED) is 0.909. The summed E-state index contributed by atoms with van der Waals surface area (Å²) in [5.74, 6) is 0.544. The zero-order valence-corrected chi connectivity index (χ0v) is 12.8. The maximum absolute atomic E-state index is 12.8. The molecule has 1 aliphatic heterocycles. The van der Waals surface area contributed by atoms with Crippen molar-refractivity contribution in [2.75, 3.05) is 19.6 Å². The van der Waals surface area contributed by atoms with Crippen LogP contribution in [0.25, 0.3) is 0 Å². The molecule has 1 amide bonds. The molecule has 1 fully saturated rings. The first-order valence-electron chi connectivity index (χ1n) is 7.24. The molecule has 0 spiro atoms. The van der Waals surface area contributed by atoms with Crippen LogP contribution >= 0.6 is 11.6 Å². The fourth-order valence-corrected chi connectivity index (χ4v) is 3.00. The predicted octanol–water partition coefficient (Wildman–Crippen LogP) is 2.18. The van der Waals surface area contributed by atoms with E-state index < -0.39 is 0 Å². The highest BCUT2D eigenvalue weighted by atomic mass is 35.5. The number of furan rings is 1. The maximum atomic E-state index is 12.8. The second kappa shape index (κ2) is 6.52. The SMILES string of the molecule is NCc1cc(C(=O)N2CCNC[C@H]2c2ccccc2Cl)co1. The number of piperazine rings is 1. The Hall–Kier alpha value is -1.82. The molecule has 1 aromatic heterocycles. The lowest BCUT2D eigenvalue weighted by Crippen LogP contribution is -2.48. The van der Waals surface area contributed by atoms with E-state index in [0.29, 0.717) is 29.4 Å².